The number of halogens is 1. The van der Waals surface area contributed by atoms with Gasteiger partial charge in [-0.05, 0) is 18.2 Å². The van der Waals surface area contributed by atoms with Crippen molar-refractivity contribution in [3.63, 3.8) is 0 Å². The van der Waals surface area contributed by atoms with Crippen molar-refractivity contribution in [2.24, 2.45) is 0 Å². The maximum absolute atomic E-state index is 11.4. The summed E-state index contributed by atoms with van der Waals surface area (Å²) in [5.74, 6) is 0. The Morgan fingerprint density at radius 1 is 1.29 bits per heavy atom. The maximum Gasteiger partial charge on any atom is 0.177 e. The van der Waals surface area contributed by atoms with Crippen LogP contribution in [0.2, 0.25) is 5.02 Å². The Bertz CT molecular complexity index is 586. The molecule has 0 atom stereocenters. The van der Waals surface area contributed by atoms with Crippen LogP contribution in [-0.4, -0.2) is 19.7 Å². The molecule has 2 aromatic rings. The van der Waals surface area contributed by atoms with Gasteiger partial charge in [-0.1, -0.05) is 11.6 Å². The highest BCUT2D eigenvalue weighted by atomic mass is 35.5. The summed E-state index contributed by atoms with van der Waals surface area (Å²) in [5.41, 5.74) is 0.569. The van der Waals surface area contributed by atoms with Crippen LogP contribution in [-0.2, 0) is 9.84 Å². The summed E-state index contributed by atoms with van der Waals surface area (Å²) >= 11 is 5.91. The Hall–Kier alpha value is -1.00. The monoisotopic (exact) mass is 229 g/mol. The summed E-state index contributed by atoms with van der Waals surface area (Å²) in [6.45, 7) is 0. The van der Waals surface area contributed by atoms with Gasteiger partial charge in [0.1, 0.15) is 0 Å². The van der Waals surface area contributed by atoms with Gasteiger partial charge in [-0.2, -0.15) is 0 Å². The highest BCUT2D eigenvalue weighted by Gasteiger charge is 2.13. The van der Waals surface area contributed by atoms with Crippen molar-refractivity contribution in [2.45, 2.75) is 4.90 Å². The van der Waals surface area contributed by atoms with Crippen LogP contribution < -0.4 is 0 Å². The molecule has 0 radical (unpaired) electrons. The predicted octanol–water partition coefficient (Wildman–Crippen LogP) is 2.22. The molecule has 1 aromatic carbocycles. The number of nitrogens with one attached hydrogen (secondary N) is 1. The van der Waals surface area contributed by atoms with Crippen molar-refractivity contribution in [1.29, 1.82) is 0 Å². The van der Waals surface area contributed by atoms with Gasteiger partial charge in [0.2, 0.25) is 0 Å². The first-order chi connectivity index (χ1) is 6.50. The van der Waals surface area contributed by atoms with Crippen LogP contribution in [0, 0.1) is 0 Å². The number of hydrogen-bond donors (Lipinski definition) is 1. The van der Waals surface area contributed by atoms with E-state index in [1.54, 1.807) is 18.3 Å². The van der Waals surface area contributed by atoms with Gasteiger partial charge in [0.05, 0.1) is 15.4 Å². The molecule has 0 spiro atoms. The van der Waals surface area contributed by atoms with Crippen LogP contribution in [0.3, 0.4) is 0 Å². The third kappa shape index (κ3) is 1.40. The largest absolute Gasteiger partial charge is 0.360 e. The van der Waals surface area contributed by atoms with E-state index < -0.39 is 9.84 Å². The Balaban J connectivity index is 2.93. The zero-order chi connectivity index (χ0) is 10.3. The van der Waals surface area contributed by atoms with E-state index >= 15 is 0 Å². The van der Waals surface area contributed by atoms with Crippen molar-refractivity contribution in [3.05, 3.63) is 29.4 Å². The van der Waals surface area contributed by atoms with Crippen molar-refractivity contribution in [1.82, 2.24) is 4.98 Å². The van der Waals surface area contributed by atoms with Gasteiger partial charge in [-0.3, -0.25) is 0 Å². The van der Waals surface area contributed by atoms with E-state index in [0.717, 1.165) is 5.39 Å². The van der Waals surface area contributed by atoms with Gasteiger partial charge in [0.25, 0.3) is 0 Å². The second kappa shape index (κ2) is 3.00. The fourth-order valence-corrected chi connectivity index (χ4v) is 2.48. The molecule has 5 heteroatoms. The minimum Gasteiger partial charge on any atom is -0.360 e. The number of aromatic nitrogens is 1. The van der Waals surface area contributed by atoms with Gasteiger partial charge in [-0.15, -0.1) is 0 Å². The third-order valence-electron chi connectivity index (χ3n) is 2.03. The number of aromatic amines is 1. The normalized spacial score (nSPS) is 12.1. The Morgan fingerprint density at radius 2 is 2.00 bits per heavy atom. The van der Waals surface area contributed by atoms with Gasteiger partial charge < -0.3 is 4.98 Å². The molecule has 0 saturated carbocycles. The van der Waals surface area contributed by atoms with Crippen molar-refractivity contribution < 1.29 is 8.42 Å². The van der Waals surface area contributed by atoms with E-state index in [0.29, 0.717) is 10.5 Å². The first-order valence-corrected chi connectivity index (χ1v) is 6.23. The lowest BCUT2D eigenvalue weighted by atomic mass is 10.2. The molecule has 0 unspecified atom stereocenters. The predicted molar refractivity (Wildman–Crippen MR) is 56.4 cm³/mol. The second-order valence-electron chi connectivity index (χ2n) is 3.08. The first-order valence-electron chi connectivity index (χ1n) is 3.96. The molecule has 14 heavy (non-hydrogen) atoms. The SMILES string of the molecule is CS(=O)(=O)c1ccc(Cl)c2cc[nH]c12. The molecule has 0 amide bonds. The second-order valence-corrected chi connectivity index (χ2v) is 5.48. The summed E-state index contributed by atoms with van der Waals surface area (Å²) in [5, 5.41) is 1.28. The smallest absolute Gasteiger partial charge is 0.177 e. The van der Waals surface area contributed by atoms with Gasteiger partial charge in [0, 0.05) is 17.8 Å². The van der Waals surface area contributed by atoms with Crippen LogP contribution in [0.1, 0.15) is 0 Å². The Morgan fingerprint density at radius 3 is 2.64 bits per heavy atom. The molecular formula is C9H8ClNO2S. The number of H-pyrrole nitrogens is 1. The molecule has 2 rings (SSSR count). The molecule has 1 aromatic heterocycles. The zero-order valence-corrected chi connectivity index (χ0v) is 8.98. The minimum atomic E-state index is -3.21. The van der Waals surface area contributed by atoms with Crippen LogP contribution in [0.15, 0.2) is 29.3 Å². The number of benzene rings is 1. The molecule has 1 heterocycles. The van der Waals surface area contributed by atoms with Gasteiger partial charge in [0.15, 0.2) is 9.84 Å². The molecular weight excluding hydrogens is 222 g/mol. The molecule has 0 saturated heterocycles. The van der Waals surface area contributed by atoms with Crippen LogP contribution >= 0.6 is 11.6 Å². The molecule has 0 aliphatic rings. The fourth-order valence-electron chi connectivity index (χ4n) is 1.40. The zero-order valence-electron chi connectivity index (χ0n) is 7.41. The summed E-state index contributed by atoms with van der Waals surface area (Å²) in [4.78, 5) is 3.15. The quantitative estimate of drug-likeness (QED) is 0.815. The van der Waals surface area contributed by atoms with Gasteiger partial charge >= 0.3 is 0 Å². The summed E-state index contributed by atoms with van der Waals surface area (Å²) in [6.07, 6.45) is 2.85. The van der Waals surface area contributed by atoms with E-state index in [9.17, 15) is 8.42 Å². The highest BCUT2D eigenvalue weighted by Crippen LogP contribution is 2.27. The van der Waals surface area contributed by atoms with Crippen molar-refractivity contribution in [2.75, 3.05) is 6.26 Å². The maximum atomic E-state index is 11.4. The molecule has 0 fully saturated rings. The van der Waals surface area contributed by atoms with E-state index in [1.165, 1.54) is 12.3 Å². The lowest BCUT2D eigenvalue weighted by molar-refractivity contribution is 0.602. The summed E-state index contributed by atoms with van der Waals surface area (Å²) < 4.78 is 22.8. The number of rotatable bonds is 1. The average Bonchev–Trinajstić information content (AvgIpc) is 2.50. The highest BCUT2D eigenvalue weighted by molar-refractivity contribution is 7.91. The van der Waals surface area contributed by atoms with E-state index in [1.807, 2.05) is 0 Å². The minimum absolute atomic E-state index is 0.280. The summed E-state index contributed by atoms with van der Waals surface area (Å²) in [6, 6.07) is 4.86. The third-order valence-corrected chi connectivity index (χ3v) is 3.50. The molecule has 74 valence electrons. The lowest BCUT2D eigenvalue weighted by Crippen LogP contribution is -1.97. The summed E-state index contributed by atoms with van der Waals surface area (Å²) in [7, 11) is -3.21. The number of fused-ring (bicyclic) bond motifs is 1. The average molecular weight is 230 g/mol. The van der Waals surface area contributed by atoms with Crippen molar-refractivity contribution >= 4 is 32.3 Å². The van der Waals surface area contributed by atoms with Crippen LogP contribution in [0.4, 0.5) is 0 Å². The van der Waals surface area contributed by atoms with Crippen LogP contribution in [0.5, 0.6) is 0 Å². The molecule has 0 aliphatic carbocycles. The molecule has 0 aliphatic heterocycles. The van der Waals surface area contributed by atoms with E-state index in [4.69, 9.17) is 11.6 Å². The van der Waals surface area contributed by atoms with E-state index in [2.05, 4.69) is 4.98 Å². The number of hydrogen-bond acceptors (Lipinski definition) is 2. The Kier molecular flexibility index (Phi) is 2.05. The molecule has 1 N–H and O–H groups in total. The topological polar surface area (TPSA) is 49.9 Å². The molecule has 0 bridgehead atoms. The Labute approximate surface area is 86.6 Å². The molecule has 3 nitrogen and oxygen atoms in total. The standard InChI is InChI=1S/C9H8ClNO2S/c1-14(12,13)8-3-2-7(10)6-4-5-11-9(6)8/h2-5,11H,1H3. The first kappa shape index (κ1) is 9.55. The number of sulfone groups is 1. The van der Waals surface area contributed by atoms with Crippen molar-refractivity contribution in [3.8, 4) is 0 Å². The van der Waals surface area contributed by atoms with Crippen LogP contribution in [0.25, 0.3) is 10.9 Å². The van der Waals surface area contributed by atoms with E-state index in [-0.39, 0.29) is 4.90 Å². The van der Waals surface area contributed by atoms with Gasteiger partial charge in [-0.25, -0.2) is 8.42 Å². The lowest BCUT2D eigenvalue weighted by Gasteiger charge is -2.01. The fraction of sp³-hybridized carbons (Fsp3) is 0.111.